The maximum Gasteiger partial charge on any atom is 0.0935 e. The van der Waals surface area contributed by atoms with Gasteiger partial charge in [-0.3, -0.25) is 4.99 Å². The van der Waals surface area contributed by atoms with Gasteiger partial charge in [-0.05, 0) is 50.2 Å². The molecule has 0 saturated carbocycles. The number of rotatable bonds is 5. The molecule has 100 valence electrons. The highest BCUT2D eigenvalue weighted by Crippen LogP contribution is 2.22. The first kappa shape index (κ1) is 14.1. The van der Waals surface area contributed by atoms with Crippen molar-refractivity contribution < 1.29 is 0 Å². The summed E-state index contributed by atoms with van der Waals surface area (Å²) in [7, 11) is 0. The summed E-state index contributed by atoms with van der Waals surface area (Å²) < 4.78 is 0.790. The van der Waals surface area contributed by atoms with Crippen molar-refractivity contribution in [2.45, 2.75) is 13.8 Å². The van der Waals surface area contributed by atoms with Crippen LogP contribution in [0.15, 0.2) is 41.4 Å². The number of hydrogen-bond acceptors (Lipinski definition) is 3. The minimum Gasteiger partial charge on any atom is -0.372 e. The quantitative estimate of drug-likeness (QED) is 0.708. The molecule has 0 saturated heterocycles. The first-order valence-electron chi connectivity index (χ1n) is 6.37. The number of benzene rings is 1. The molecular formula is C15H17ClN2S. The number of aliphatic imine (C=N–C) groups is 1. The van der Waals surface area contributed by atoms with Gasteiger partial charge in [-0.25, -0.2) is 0 Å². The zero-order valence-corrected chi connectivity index (χ0v) is 12.7. The molecule has 0 bridgehead atoms. The van der Waals surface area contributed by atoms with Crippen LogP contribution in [0, 0.1) is 0 Å². The van der Waals surface area contributed by atoms with Crippen molar-refractivity contribution >= 4 is 40.5 Å². The van der Waals surface area contributed by atoms with Gasteiger partial charge in [0.25, 0.3) is 0 Å². The fraction of sp³-hybridized carbons (Fsp3) is 0.267. The second kappa shape index (κ2) is 6.73. The lowest BCUT2D eigenvalue weighted by Crippen LogP contribution is -2.21. The molecule has 0 unspecified atom stereocenters. The Bertz CT molecular complexity index is 542. The van der Waals surface area contributed by atoms with Gasteiger partial charge in [-0.1, -0.05) is 11.6 Å². The molecular weight excluding hydrogens is 276 g/mol. The summed E-state index contributed by atoms with van der Waals surface area (Å²) in [5.41, 5.74) is 2.20. The molecule has 0 amide bonds. The SMILES string of the molecule is CCN(CC)c1ccc(N=Cc2ccc(Cl)s2)cc1. The molecule has 2 aromatic rings. The first-order chi connectivity index (χ1) is 9.22. The van der Waals surface area contributed by atoms with Crippen LogP contribution >= 0.6 is 22.9 Å². The summed E-state index contributed by atoms with van der Waals surface area (Å²) in [4.78, 5) is 7.83. The van der Waals surface area contributed by atoms with Crippen LogP contribution in [0.4, 0.5) is 11.4 Å². The van der Waals surface area contributed by atoms with Crippen LogP contribution in [0.2, 0.25) is 4.34 Å². The van der Waals surface area contributed by atoms with Crippen molar-refractivity contribution in [3.8, 4) is 0 Å². The standard InChI is InChI=1S/C15H17ClN2S/c1-3-18(4-2)13-7-5-12(6-8-13)17-11-14-9-10-15(16)19-14/h5-11H,3-4H2,1-2H3. The number of anilines is 1. The third kappa shape index (κ3) is 3.82. The fourth-order valence-corrected chi connectivity index (χ4v) is 2.81. The molecule has 1 aromatic carbocycles. The lowest BCUT2D eigenvalue weighted by atomic mass is 10.2. The number of thiophene rings is 1. The average molecular weight is 293 g/mol. The highest BCUT2D eigenvalue weighted by Gasteiger charge is 2.00. The lowest BCUT2D eigenvalue weighted by Gasteiger charge is -2.20. The van der Waals surface area contributed by atoms with E-state index in [0.29, 0.717) is 0 Å². The largest absolute Gasteiger partial charge is 0.372 e. The molecule has 0 aliphatic heterocycles. The number of nitrogens with zero attached hydrogens (tertiary/aromatic N) is 2. The molecule has 0 fully saturated rings. The van der Waals surface area contributed by atoms with E-state index >= 15 is 0 Å². The Kier molecular flexibility index (Phi) is 5.00. The van der Waals surface area contributed by atoms with Crippen LogP contribution in [-0.2, 0) is 0 Å². The van der Waals surface area contributed by atoms with Gasteiger partial charge in [0.05, 0.1) is 10.0 Å². The van der Waals surface area contributed by atoms with Gasteiger partial charge in [0.15, 0.2) is 0 Å². The molecule has 0 atom stereocenters. The van der Waals surface area contributed by atoms with E-state index in [-0.39, 0.29) is 0 Å². The van der Waals surface area contributed by atoms with Gasteiger partial charge in [-0.2, -0.15) is 0 Å². The van der Waals surface area contributed by atoms with Crippen LogP contribution in [0.1, 0.15) is 18.7 Å². The fourth-order valence-electron chi connectivity index (χ4n) is 1.87. The average Bonchev–Trinajstić information content (AvgIpc) is 2.85. The van der Waals surface area contributed by atoms with Crippen molar-refractivity contribution in [1.29, 1.82) is 0 Å². The molecule has 0 N–H and O–H groups in total. The summed E-state index contributed by atoms with van der Waals surface area (Å²) in [6.45, 7) is 6.37. The highest BCUT2D eigenvalue weighted by molar-refractivity contribution is 7.17. The van der Waals surface area contributed by atoms with E-state index in [4.69, 9.17) is 11.6 Å². The smallest absolute Gasteiger partial charge is 0.0935 e. The van der Waals surface area contributed by atoms with Gasteiger partial charge in [0.1, 0.15) is 0 Å². The molecule has 19 heavy (non-hydrogen) atoms. The third-order valence-corrected chi connectivity index (χ3v) is 4.08. The molecule has 0 aliphatic rings. The predicted octanol–water partition coefficient (Wildman–Crippen LogP) is 5.00. The summed E-state index contributed by atoms with van der Waals surface area (Å²) in [6, 6.07) is 12.2. The van der Waals surface area contributed by atoms with Crippen molar-refractivity contribution in [2.75, 3.05) is 18.0 Å². The Morgan fingerprint density at radius 2 is 1.79 bits per heavy atom. The van der Waals surface area contributed by atoms with Crippen molar-refractivity contribution in [3.63, 3.8) is 0 Å². The number of hydrogen-bond donors (Lipinski definition) is 0. The zero-order chi connectivity index (χ0) is 13.7. The van der Waals surface area contributed by atoms with E-state index in [1.807, 2.05) is 30.5 Å². The van der Waals surface area contributed by atoms with Crippen molar-refractivity contribution in [2.24, 2.45) is 4.99 Å². The monoisotopic (exact) mass is 292 g/mol. The Morgan fingerprint density at radius 3 is 2.32 bits per heavy atom. The van der Waals surface area contributed by atoms with E-state index in [1.54, 1.807) is 0 Å². The zero-order valence-electron chi connectivity index (χ0n) is 11.1. The molecule has 4 heteroatoms. The summed E-state index contributed by atoms with van der Waals surface area (Å²) in [5, 5.41) is 0. The van der Waals surface area contributed by atoms with Gasteiger partial charge >= 0.3 is 0 Å². The van der Waals surface area contributed by atoms with Crippen molar-refractivity contribution in [3.05, 3.63) is 45.6 Å². The molecule has 1 heterocycles. The second-order valence-electron chi connectivity index (χ2n) is 4.09. The highest BCUT2D eigenvalue weighted by atomic mass is 35.5. The van der Waals surface area contributed by atoms with E-state index in [2.05, 4.69) is 35.9 Å². The Balaban J connectivity index is 2.08. The molecule has 0 spiro atoms. The van der Waals surface area contributed by atoms with E-state index in [9.17, 15) is 0 Å². The van der Waals surface area contributed by atoms with Gasteiger partial charge in [-0.15, -0.1) is 11.3 Å². The van der Waals surface area contributed by atoms with Crippen LogP contribution in [0.5, 0.6) is 0 Å². The van der Waals surface area contributed by atoms with Gasteiger partial charge in [0.2, 0.25) is 0 Å². The van der Waals surface area contributed by atoms with Crippen LogP contribution in [-0.4, -0.2) is 19.3 Å². The second-order valence-corrected chi connectivity index (χ2v) is 5.84. The van der Waals surface area contributed by atoms with Gasteiger partial charge in [0, 0.05) is 29.9 Å². The minimum absolute atomic E-state index is 0.790. The predicted molar refractivity (Wildman–Crippen MR) is 86.6 cm³/mol. The maximum atomic E-state index is 5.88. The van der Waals surface area contributed by atoms with Crippen LogP contribution < -0.4 is 4.90 Å². The topological polar surface area (TPSA) is 15.6 Å². The first-order valence-corrected chi connectivity index (χ1v) is 7.56. The molecule has 0 aliphatic carbocycles. The normalized spacial score (nSPS) is 11.1. The summed E-state index contributed by atoms with van der Waals surface area (Å²) in [5.74, 6) is 0. The van der Waals surface area contributed by atoms with Crippen LogP contribution in [0.3, 0.4) is 0 Å². The Hall–Kier alpha value is -1.32. The van der Waals surface area contributed by atoms with E-state index in [1.165, 1.54) is 17.0 Å². The van der Waals surface area contributed by atoms with Crippen molar-refractivity contribution in [1.82, 2.24) is 0 Å². The molecule has 1 aromatic heterocycles. The Labute approximate surface area is 123 Å². The Morgan fingerprint density at radius 1 is 1.11 bits per heavy atom. The summed E-state index contributed by atoms with van der Waals surface area (Å²) in [6.07, 6.45) is 1.85. The molecule has 2 rings (SSSR count). The maximum absolute atomic E-state index is 5.88. The van der Waals surface area contributed by atoms with E-state index < -0.39 is 0 Å². The minimum atomic E-state index is 0.790. The van der Waals surface area contributed by atoms with Gasteiger partial charge < -0.3 is 4.90 Å². The molecule has 0 radical (unpaired) electrons. The third-order valence-electron chi connectivity index (χ3n) is 2.91. The lowest BCUT2D eigenvalue weighted by molar-refractivity contribution is 0.866. The molecule has 2 nitrogen and oxygen atoms in total. The van der Waals surface area contributed by atoms with Crippen LogP contribution in [0.25, 0.3) is 0 Å². The summed E-state index contributed by atoms with van der Waals surface area (Å²) >= 11 is 7.41. The van der Waals surface area contributed by atoms with E-state index in [0.717, 1.165) is 28.0 Å². The number of halogens is 1.